The minimum Gasteiger partial charge on any atom is -0.480 e. The molecule has 0 saturated heterocycles. The molecule has 210 valence electrons. The lowest BCUT2D eigenvalue weighted by Crippen LogP contribution is -2.51. The molecular formula is C28H23Cl2FN6O4. The van der Waals surface area contributed by atoms with E-state index in [1.807, 2.05) is 18.4 Å². The van der Waals surface area contributed by atoms with Gasteiger partial charge in [0, 0.05) is 39.2 Å². The summed E-state index contributed by atoms with van der Waals surface area (Å²) in [5.41, 5.74) is 0.595. The number of halogens is 3. The Labute approximate surface area is 244 Å². The van der Waals surface area contributed by atoms with Crippen LogP contribution in [0, 0.1) is 0 Å². The fourth-order valence-electron chi connectivity index (χ4n) is 5.50. The normalized spacial score (nSPS) is 17.3. The monoisotopic (exact) mass is 596 g/mol. The molecule has 0 unspecified atom stereocenters. The summed E-state index contributed by atoms with van der Waals surface area (Å²) in [4.78, 5) is 43.2. The third kappa shape index (κ3) is 3.94. The maximum atomic E-state index is 14.3. The van der Waals surface area contributed by atoms with Gasteiger partial charge >= 0.3 is 6.01 Å². The van der Waals surface area contributed by atoms with Crippen molar-refractivity contribution >= 4 is 46.4 Å². The highest BCUT2D eigenvalue weighted by atomic mass is 35.5. The molecule has 2 aromatic heterocycles. The average molecular weight is 597 g/mol. The maximum Gasteiger partial charge on any atom is 0.319 e. The number of hydrogen-bond donors (Lipinski definition) is 1. The SMILES string of the molecule is COc1nc(OCCF)ncc1-c1nc2c(n1C(C)C)[C@]1(C(=O)Nc3cc(Cl)ccc31)N(c1cccc(Cl)c1)C2=O. The minimum atomic E-state index is -1.63. The largest absolute Gasteiger partial charge is 0.480 e. The standard InChI is InChI=1S/C28H23Cl2FN6O4/c1-14(2)36-22-21(34-23(36)18-13-32-27(41-10-9-31)35-24(18)40-3)25(38)37(17-6-4-5-15(29)11-17)28(22)19-8-7-16(30)12-20(19)33-26(28)39/h4-8,11-14H,9-10H2,1-3H3,(H,33,39)/t28-/m1/s1. The van der Waals surface area contributed by atoms with E-state index in [9.17, 15) is 14.0 Å². The Balaban J connectivity index is 1.66. The predicted octanol–water partition coefficient (Wildman–Crippen LogP) is 5.44. The number of carbonyl (C=O) groups excluding carboxylic acids is 2. The number of hydrogen-bond acceptors (Lipinski definition) is 7. The number of carbonyl (C=O) groups is 2. The van der Waals surface area contributed by atoms with Crippen LogP contribution in [0.1, 0.15) is 41.6 Å². The van der Waals surface area contributed by atoms with Gasteiger partial charge in [0.05, 0.1) is 18.4 Å². The predicted molar refractivity (Wildman–Crippen MR) is 151 cm³/mol. The summed E-state index contributed by atoms with van der Waals surface area (Å²) in [5, 5.41) is 3.75. The number of nitrogens with zero attached hydrogens (tertiary/aromatic N) is 5. The van der Waals surface area contributed by atoms with Crippen LogP contribution in [0.3, 0.4) is 0 Å². The van der Waals surface area contributed by atoms with Crippen LogP contribution in [0.2, 0.25) is 10.0 Å². The van der Waals surface area contributed by atoms with Crippen molar-refractivity contribution in [1.82, 2.24) is 19.5 Å². The number of ether oxygens (including phenoxy) is 2. The molecule has 0 aliphatic carbocycles. The van der Waals surface area contributed by atoms with Crippen LogP contribution >= 0.6 is 23.2 Å². The van der Waals surface area contributed by atoms with Crippen LogP contribution in [-0.4, -0.2) is 51.7 Å². The van der Waals surface area contributed by atoms with Gasteiger partial charge in [0.25, 0.3) is 11.8 Å². The molecule has 6 rings (SSSR count). The Kier molecular flexibility index (Phi) is 6.58. The number of benzene rings is 2. The van der Waals surface area contributed by atoms with Crippen molar-refractivity contribution in [2.75, 3.05) is 30.6 Å². The number of alkyl halides is 1. The van der Waals surface area contributed by atoms with Crippen molar-refractivity contribution < 1.29 is 23.5 Å². The van der Waals surface area contributed by atoms with E-state index in [1.54, 1.807) is 42.5 Å². The Morgan fingerprint density at radius 1 is 1.10 bits per heavy atom. The van der Waals surface area contributed by atoms with Gasteiger partial charge in [-0.2, -0.15) is 4.98 Å². The number of amides is 2. The van der Waals surface area contributed by atoms with Crippen LogP contribution in [-0.2, 0) is 10.3 Å². The molecule has 0 fully saturated rings. The van der Waals surface area contributed by atoms with Gasteiger partial charge in [0.15, 0.2) is 11.2 Å². The third-order valence-electron chi connectivity index (χ3n) is 7.00. The zero-order chi connectivity index (χ0) is 29.1. The molecule has 2 aromatic carbocycles. The van der Waals surface area contributed by atoms with Crippen molar-refractivity contribution in [3.05, 3.63) is 75.7 Å². The molecule has 1 atom stereocenters. The molecule has 0 saturated carbocycles. The first-order chi connectivity index (χ1) is 19.7. The first-order valence-electron chi connectivity index (χ1n) is 12.7. The topological polar surface area (TPSA) is 111 Å². The van der Waals surface area contributed by atoms with E-state index < -0.39 is 24.0 Å². The Hall–Kier alpha value is -4.22. The molecule has 13 heteroatoms. The third-order valence-corrected chi connectivity index (χ3v) is 7.47. The summed E-state index contributed by atoms with van der Waals surface area (Å²) in [7, 11) is 1.42. The molecule has 1 spiro atoms. The molecule has 0 radical (unpaired) electrons. The zero-order valence-electron chi connectivity index (χ0n) is 22.1. The molecular weight excluding hydrogens is 574 g/mol. The number of aromatic nitrogens is 4. The van der Waals surface area contributed by atoms with Gasteiger partial charge in [0.2, 0.25) is 5.88 Å². The number of anilines is 2. The molecule has 4 aromatic rings. The number of fused-ring (bicyclic) bond motifs is 4. The highest BCUT2D eigenvalue weighted by Gasteiger charge is 2.64. The highest BCUT2D eigenvalue weighted by Crippen LogP contribution is 2.54. The van der Waals surface area contributed by atoms with Crippen LogP contribution < -0.4 is 19.7 Å². The lowest BCUT2D eigenvalue weighted by atomic mass is 9.87. The van der Waals surface area contributed by atoms with E-state index in [-0.39, 0.29) is 30.2 Å². The molecule has 2 aliphatic rings. The fourth-order valence-corrected chi connectivity index (χ4v) is 5.85. The summed E-state index contributed by atoms with van der Waals surface area (Å²) in [6.45, 7) is 2.90. The van der Waals surface area contributed by atoms with Crippen molar-refractivity contribution in [3.63, 3.8) is 0 Å². The molecule has 10 nitrogen and oxygen atoms in total. The smallest absolute Gasteiger partial charge is 0.319 e. The molecule has 2 amide bonds. The maximum absolute atomic E-state index is 14.3. The van der Waals surface area contributed by atoms with Gasteiger partial charge in [0.1, 0.15) is 19.1 Å². The molecule has 2 aliphatic heterocycles. The van der Waals surface area contributed by atoms with Gasteiger partial charge < -0.3 is 19.4 Å². The molecule has 41 heavy (non-hydrogen) atoms. The Bertz CT molecular complexity index is 1730. The molecule has 4 heterocycles. The zero-order valence-corrected chi connectivity index (χ0v) is 23.6. The van der Waals surface area contributed by atoms with E-state index >= 15 is 0 Å². The van der Waals surface area contributed by atoms with E-state index in [4.69, 9.17) is 37.7 Å². The molecule has 1 N–H and O–H groups in total. The summed E-state index contributed by atoms with van der Waals surface area (Å²) >= 11 is 12.6. The summed E-state index contributed by atoms with van der Waals surface area (Å²) in [6, 6.07) is 11.4. The average Bonchev–Trinajstić information content (AvgIpc) is 3.55. The second kappa shape index (κ2) is 10.0. The highest BCUT2D eigenvalue weighted by molar-refractivity contribution is 6.32. The number of methoxy groups -OCH3 is 1. The minimum absolute atomic E-state index is 0.0703. The van der Waals surface area contributed by atoms with E-state index in [0.717, 1.165) is 0 Å². The van der Waals surface area contributed by atoms with Crippen LogP contribution in [0.15, 0.2) is 48.7 Å². The first kappa shape index (κ1) is 27.0. The Morgan fingerprint density at radius 3 is 2.59 bits per heavy atom. The van der Waals surface area contributed by atoms with Gasteiger partial charge in [-0.3, -0.25) is 14.5 Å². The lowest BCUT2D eigenvalue weighted by Gasteiger charge is -2.35. The second-order valence-electron chi connectivity index (χ2n) is 9.68. The van der Waals surface area contributed by atoms with Gasteiger partial charge in [-0.15, -0.1) is 0 Å². The Morgan fingerprint density at radius 2 is 1.88 bits per heavy atom. The second-order valence-corrected chi connectivity index (χ2v) is 10.6. The van der Waals surface area contributed by atoms with Crippen LogP contribution in [0.5, 0.6) is 11.9 Å². The van der Waals surface area contributed by atoms with E-state index in [2.05, 4.69) is 15.3 Å². The van der Waals surface area contributed by atoms with Crippen molar-refractivity contribution in [2.45, 2.75) is 25.4 Å². The van der Waals surface area contributed by atoms with Gasteiger partial charge in [-0.1, -0.05) is 35.3 Å². The fraction of sp³-hybridized carbons (Fsp3) is 0.250. The quantitative estimate of drug-likeness (QED) is 0.302. The molecule has 0 bridgehead atoms. The summed E-state index contributed by atoms with van der Waals surface area (Å²) < 4.78 is 25.2. The number of nitrogens with one attached hydrogen (secondary N) is 1. The van der Waals surface area contributed by atoms with Crippen molar-refractivity contribution in [2.24, 2.45) is 0 Å². The number of imidazole rings is 1. The lowest BCUT2D eigenvalue weighted by molar-refractivity contribution is -0.119. The van der Waals surface area contributed by atoms with Crippen molar-refractivity contribution in [3.8, 4) is 23.3 Å². The van der Waals surface area contributed by atoms with E-state index in [1.165, 1.54) is 18.2 Å². The van der Waals surface area contributed by atoms with Gasteiger partial charge in [-0.25, -0.2) is 14.4 Å². The van der Waals surface area contributed by atoms with E-state index in [0.29, 0.717) is 44.1 Å². The summed E-state index contributed by atoms with van der Waals surface area (Å²) in [6.07, 6.45) is 1.43. The van der Waals surface area contributed by atoms with Crippen molar-refractivity contribution in [1.29, 1.82) is 0 Å². The van der Waals surface area contributed by atoms with Crippen LogP contribution in [0.4, 0.5) is 15.8 Å². The number of rotatable bonds is 7. The first-order valence-corrected chi connectivity index (χ1v) is 13.4. The van der Waals surface area contributed by atoms with Crippen LogP contribution in [0.25, 0.3) is 11.4 Å². The van der Waals surface area contributed by atoms with Gasteiger partial charge in [-0.05, 0) is 44.2 Å². The summed E-state index contributed by atoms with van der Waals surface area (Å²) in [5.74, 6) is -0.528.